The van der Waals surface area contributed by atoms with Gasteiger partial charge in [-0.2, -0.15) is 0 Å². The Bertz CT molecular complexity index is 774. The minimum Gasteiger partial charge on any atom is -0.481 e. The van der Waals surface area contributed by atoms with Gasteiger partial charge in [-0.25, -0.2) is 4.79 Å². The molecular weight excluding hydrogens is 314 g/mol. The van der Waals surface area contributed by atoms with Crippen LogP contribution in [0.4, 0.5) is 5.69 Å². The second-order valence-corrected chi connectivity index (χ2v) is 5.02. The number of pyridine rings is 1. The Hall–Kier alpha value is -3.42. The second-order valence-electron chi connectivity index (χ2n) is 5.02. The van der Waals surface area contributed by atoms with Crippen molar-refractivity contribution in [3.05, 3.63) is 59.4 Å². The summed E-state index contributed by atoms with van der Waals surface area (Å²) in [5.41, 5.74) is 6.28. The number of aromatic nitrogens is 1. The number of carbonyl (C=O) groups is 3. The Morgan fingerprint density at radius 3 is 2.33 bits per heavy atom. The lowest BCUT2D eigenvalue weighted by molar-refractivity contribution is -0.137. The molecule has 24 heavy (non-hydrogen) atoms. The van der Waals surface area contributed by atoms with E-state index in [9.17, 15) is 14.4 Å². The van der Waals surface area contributed by atoms with Crippen LogP contribution in [-0.2, 0) is 4.79 Å². The van der Waals surface area contributed by atoms with Crippen molar-refractivity contribution in [3.8, 4) is 0 Å². The summed E-state index contributed by atoms with van der Waals surface area (Å²) in [6.07, 6.45) is 2.02. The Labute approximate surface area is 136 Å². The highest BCUT2D eigenvalue weighted by molar-refractivity contribution is 6.04. The smallest absolute Gasteiger partial charge is 0.336 e. The molecule has 0 bridgehead atoms. The van der Waals surface area contributed by atoms with Crippen molar-refractivity contribution in [2.45, 2.75) is 12.5 Å². The molecule has 8 heteroatoms. The van der Waals surface area contributed by atoms with Gasteiger partial charge in [-0.15, -0.1) is 0 Å². The monoisotopic (exact) mass is 329 g/mol. The molecule has 1 aromatic heterocycles. The lowest BCUT2D eigenvalue weighted by atomic mass is 10.0. The van der Waals surface area contributed by atoms with E-state index < -0.39 is 23.9 Å². The molecule has 0 unspecified atom stereocenters. The lowest BCUT2D eigenvalue weighted by Crippen LogP contribution is -2.31. The first-order valence-electron chi connectivity index (χ1n) is 6.94. The number of nitrogen functional groups attached to an aromatic ring is 1. The summed E-state index contributed by atoms with van der Waals surface area (Å²) in [5.74, 6) is -3.10. The standard InChI is InChI=1S/C16H15N3O5/c17-10-3-1-9(2-4-10)13(7-14(20)21)19-15(22)12-8-18-6-5-11(12)16(23)24/h1-6,8,13H,7,17H2,(H,19,22)(H,20,21)(H,23,24)/t13-/m1/s1. The van der Waals surface area contributed by atoms with Crippen LogP contribution >= 0.6 is 0 Å². The molecule has 5 N–H and O–H groups in total. The number of hydrogen-bond acceptors (Lipinski definition) is 5. The van der Waals surface area contributed by atoms with Crippen molar-refractivity contribution in [3.63, 3.8) is 0 Å². The Morgan fingerprint density at radius 1 is 1.08 bits per heavy atom. The number of aromatic carboxylic acids is 1. The number of amides is 1. The second kappa shape index (κ2) is 7.23. The number of benzene rings is 1. The predicted molar refractivity (Wildman–Crippen MR) is 84.5 cm³/mol. The Balaban J connectivity index is 2.29. The van der Waals surface area contributed by atoms with Gasteiger partial charge in [0.1, 0.15) is 0 Å². The minimum absolute atomic E-state index is 0.143. The molecule has 1 atom stereocenters. The molecule has 0 radical (unpaired) electrons. The van der Waals surface area contributed by atoms with Crippen molar-refractivity contribution in [2.75, 3.05) is 5.73 Å². The number of aliphatic carboxylic acids is 1. The number of carbonyl (C=O) groups excluding carboxylic acids is 1. The van der Waals surface area contributed by atoms with Crippen LogP contribution in [-0.4, -0.2) is 33.0 Å². The summed E-state index contributed by atoms with van der Waals surface area (Å²) >= 11 is 0. The van der Waals surface area contributed by atoms with Crippen LogP contribution in [0.3, 0.4) is 0 Å². The molecule has 8 nitrogen and oxygen atoms in total. The topological polar surface area (TPSA) is 143 Å². The predicted octanol–water partition coefficient (Wildman–Crippen LogP) is 1.31. The molecule has 2 aromatic rings. The highest BCUT2D eigenvalue weighted by Crippen LogP contribution is 2.19. The van der Waals surface area contributed by atoms with Gasteiger partial charge in [0.05, 0.1) is 23.6 Å². The van der Waals surface area contributed by atoms with Crippen molar-refractivity contribution in [2.24, 2.45) is 0 Å². The third-order valence-electron chi connectivity index (χ3n) is 3.32. The van der Waals surface area contributed by atoms with Gasteiger partial charge >= 0.3 is 11.9 Å². The van der Waals surface area contributed by atoms with Crippen molar-refractivity contribution in [1.29, 1.82) is 0 Å². The molecule has 1 amide bonds. The third kappa shape index (κ3) is 4.07. The summed E-state index contributed by atoms with van der Waals surface area (Å²) in [7, 11) is 0. The number of nitrogens with two attached hydrogens (primary N) is 1. The summed E-state index contributed by atoms with van der Waals surface area (Å²) < 4.78 is 0. The van der Waals surface area contributed by atoms with Crippen LogP contribution < -0.4 is 11.1 Å². The largest absolute Gasteiger partial charge is 0.481 e. The van der Waals surface area contributed by atoms with E-state index in [1.165, 1.54) is 12.3 Å². The fourth-order valence-electron chi connectivity index (χ4n) is 2.15. The number of rotatable bonds is 6. The number of carboxylic acid groups (broad SMARTS) is 2. The van der Waals surface area contributed by atoms with Gasteiger partial charge in [-0.1, -0.05) is 12.1 Å². The average Bonchev–Trinajstić information content (AvgIpc) is 2.54. The van der Waals surface area contributed by atoms with E-state index in [0.717, 1.165) is 6.20 Å². The molecule has 0 saturated heterocycles. The van der Waals surface area contributed by atoms with Crippen LogP contribution in [0, 0.1) is 0 Å². The fourth-order valence-corrected chi connectivity index (χ4v) is 2.15. The first kappa shape index (κ1) is 16.9. The van der Waals surface area contributed by atoms with Crippen LogP contribution in [0.2, 0.25) is 0 Å². The van der Waals surface area contributed by atoms with E-state index in [2.05, 4.69) is 10.3 Å². The number of carboxylic acids is 2. The van der Waals surface area contributed by atoms with E-state index in [0.29, 0.717) is 11.3 Å². The Kier molecular flexibility index (Phi) is 5.10. The normalized spacial score (nSPS) is 11.5. The summed E-state index contributed by atoms with van der Waals surface area (Å²) in [5, 5.41) is 20.7. The maximum Gasteiger partial charge on any atom is 0.336 e. The maximum absolute atomic E-state index is 12.4. The van der Waals surface area contributed by atoms with Gasteiger partial charge < -0.3 is 21.3 Å². The highest BCUT2D eigenvalue weighted by atomic mass is 16.4. The number of hydrogen-bond donors (Lipinski definition) is 4. The summed E-state index contributed by atoms with van der Waals surface area (Å²) in [6, 6.07) is 6.74. The first-order chi connectivity index (χ1) is 11.4. The van der Waals surface area contributed by atoms with Crippen molar-refractivity contribution < 1.29 is 24.6 Å². The number of nitrogens with zero attached hydrogens (tertiary/aromatic N) is 1. The average molecular weight is 329 g/mol. The van der Waals surface area contributed by atoms with Gasteiger partial charge in [0, 0.05) is 18.1 Å². The molecule has 2 rings (SSSR count). The molecular formula is C16H15N3O5. The van der Waals surface area contributed by atoms with Crippen LogP contribution in [0.15, 0.2) is 42.7 Å². The van der Waals surface area contributed by atoms with Crippen LogP contribution in [0.1, 0.15) is 38.7 Å². The number of nitrogens with one attached hydrogen (secondary N) is 1. The van der Waals surface area contributed by atoms with Gasteiger partial charge in [0.25, 0.3) is 5.91 Å². The molecule has 1 aromatic carbocycles. The SMILES string of the molecule is Nc1ccc([C@@H](CC(=O)O)NC(=O)c2cnccc2C(=O)O)cc1. The van der Waals surface area contributed by atoms with E-state index >= 15 is 0 Å². The van der Waals surface area contributed by atoms with E-state index in [1.54, 1.807) is 24.3 Å². The molecule has 0 aliphatic rings. The zero-order valence-electron chi connectivity index (χ0n) is 12.5. The molecule has 0 fully saturated rings. The van der Waals surface area contributed by atoms with E-state index in [1.807, 2.05) is 0 Å². The third-order valence-corrected chi connectivity index (χ3v) is 3.32. The fraction of sp³-hybridized carbons (Fsp3) is 0.125. The van der Waals surface area contributed by atoms with Crippen molar-refractivity contribution >= 4 is 23.5 Å². The zero-order valence-corrected chi connectivity index (χ0v) is 12.5. The lowest BCUT2D eigenvalue weighted by Gasteiger charge is -2.18. The molecule has 124 valence electrons. The minimum atomic E-state index is -1.27. The maximum atomic E-state index is 12.4. The number of anilines is 1. The Morgan fingerprint density at radius 2 is 1.75 bits per heavy atom. The summed E-state index contributed by atoms with van der Waals surface area (Å²) in [4.78, 5) is 38.4. The molecule has 0 spiro atoms. The molecule has 1 heterocycles. The van der Waals surface area contributed by atoms with Gasteiger partial charge in [-0.05, 0) is 23.8 Å². The quantitative estimate of drug-likeness (QED) is 0.585. The summed E-state index contributed by atoms with van der Waals surface area (Å²) in [6.45, 7) is 0. The highest BCUT2D eigenvalue weighted by Gasteiger charge is 2.22. The van der Waals surface area contributed by atoms with E-state index in [-0.39, 0.29) is 17.5 Å². The van der Waals surface area contributed by atoms with E-state index in [4.69, 9.17) is 15.9 Å². The van der Waals surface area contributed by atoms with Crippen molar-refractivity contribution in [1.82, 2.24) is 10.3 Å². The van der Waals surface area contributed by atoms with Crippen LogP contribution in [0.25, 0.3) is 0 Å². The molecule has 0 aliphatic heterocycles. The molecule has 0 saturated carbocycles. The van der Waals surface area contributed by atoms with Gasteiger partial charge in [0.15, 0.2) is 0 Å². The zero-order chi connectivity index (χ0) is 17.7. The van der Waals surface area contributed by atoms with Crippen LogP contribution in [0.5, 0.6) is 0 Å². The molecule has 0 aliphatic carbocycles. The van der Waals surface area contributed by atoms with Gasteiger partial charge in [0.2, 0.25) is 0 Å². The first-order valence-corrected chi connectivity index (χ1v) is 6.94. The van der Waals surface area contributed by atoms with Gasteiger partial charge in [-0.3, -0.25) is 14.6 Å².